The van der Waals surface area contributed by atoms with Crippen molar-refractivity contribution in [2.45, 2.75) is 20.0 Å². The van der Waals surface area contributed by atoms with E-state index in [9.17, 15) is 14.0 Å². The van der Waals surface area contributed by atoms with Crippen LogP contribution in [-0.2, 0) is 9.53 Å². The van der Waals surface area contributed by atoms with Gasteiger partial charge in [0.05, 0.1) is 23.7 Å². The summed E-state index contributed by atoms with van der Waals surface area (Å²) in [6, 6.07) is 4.25. The van der Waals surface area contributed by atoms with Crippen molar-refractivity contribution in [3.05, 3.63) is 54.8 Å². The molecule has 0 spiro atoms. The molecule has 3 aromatic rings. The van der Waals surface area contributed by atoms with E-state index in [0.717, 1.165) is 0 Å². The van der Waals surface area contributed by atoms with Crippen LogP contribution in [0.15, 0.2) is 48.9 Å². The second kappa shape index (κ2) is 10.0. The van der Waals surface area contributed by atoms with Crippen molar-refractivity contribution in [1.29, 1.82) is 0 Å². The molecule has 1 aromatic carbocycles. The Hall–Kier alpha value is -3.79. The van der Waals surface area contributed by atoms with Gasteiger partial charge in [0, 0.05) is 36.3 Å². The summed E-state index contributed by atoms with van der Waals surface area (Å²) < 4.78 is 21.1. The zero-order chi connectivity index (χ0) is 23.3. The number of hydrogen-bond donors (Lipinski definition) is 2. The number of amides is 2. The molecule has 168 valence electrons. The first-order chi connectivity index (χ1) is 15.2. The number of likely N-dealkylation sites (N-methyl/N-ethyl adjacent to an activating group) is 1. The molecule has 0 atom stereocenters. The number of ether oxygens (including phenoxy) is 1. The van der Waals surface area contributed by atoms with E-state index in [1.54, 1.807) is 36.7 Å². The van der Waals surface area contributed by atoms with Crippen molar-refractivity contribution >= 4 is 29.2 Å². The Labute approximate surface area is 184 Å². The Balaban J connectivity index is 1.80. The molecule has 0 aliphatic rings. The van der Waals surface area contributed by atoms with Crippen LogP contribution >= 0.6 is 0 Å². The first-order valence-corrected chi connectivity index (χ1v) is 9.96. The van der Waals surface area contributed by atoms with Gasteiger partial charge in [-0.15, -0.1) is 0 Å². The van der Waals surface area contributed by atoms with Gasteiger partial charge in [-0.3, -0.25) is 14.5 Å². The van der Waals surface area contributed by atoms with Crippen LogP contribution in [0.3, 0.4) is 0 Å². The highest BCUT2D eigenvalue weighted by molar-refractivity contribution is 5.99. The monoisotopic (exact) mass is 440 g/mol. The molecule has 9 nitrogen and oxygen atoms in total. The molecular formula is C22H25FN6O3. The van der Waals surface area contributed by atoms with Crippen LogP contribution in [0.1, 0.15) is 13.8 Å². The third-order valence-corrected chi connectivity index (χ3v) is 4.15. The molecule has 0 saturated carbocycles. The van der Waals surface area contributed by atoms with Crippen LogP contribution in [0.25, 0.3) is 17.0 Å². The predicted octanol–water partition coefficient (Wildman–Crippen LogP) is 3.55. The van der Waals surface area contributed by atoms with E-state index in [1.165, 1.54) is 30.5 Å². The highest BCUT2D eigenvalue weighted by Gasteiger charge is 2.13. The molecule has 2 aromatic heterocycles. The first kappa shape index (κ1) is 22.9. The maximum Gasteiger partial charge on any atom is 0.411 e. The average Bonchev–Trinajstić information content (AvgIpc) is 3.11. The fourth-order valence-corrected chi connectivity index (χ4v) is 2.79. The van der Waals surface area contributed by atoms with E-state index >= 15 is 0 Å². The smallest absolute Gasteiger partial charge is 0.411 e. The van der Waals surface area contributed by atoms with Crippen molar-refractivity contribution in [1.82, 2.24) is 19.3 Å². The number of hydrogen-bond acceptors (Lipinski definition) is 6. The second-order valence-corrected chi connectivity index (χ2v) is 7.60. The summed E-state index contributed by atoms with van der Waals surface area (Å²) in [6.07, 6.45) is 6.91. The number of carbonyl (C=O) groups is 2. The Morgan fingerprint density at radius 2 is 2.00 bits per heavy atom. The maximum absolute atomic E-state index is 14.5. The standard InChI is InChI=1S/C22H25FN6O3/c1-14(2)32-22(31)26-16-11-24-21-27-19(13-29(21)12-16)17-10-15(7-8-18(17)23)25-20(30)6-5-9-28(3)4/h5-8,10-14H,9H2,1-4H3,(H,25,30)(H,26,31). The summed E-state index contributed by atoms with van der Waals surface area (Å²) in [5.41, 5.74) is 1.37. The van der Waals surface area contributed by atoms with Gasteiger partial charge in [-0.1, -0.05) is 6.08 Å². The largest absolute Gasteiger partial charge is 0.447 e. The minimum atomic E-state index is -0.601. The third kappa shape index (κ3) is 6.11. The van der Waals surface area contributed by atoms with E-state index in [4.69, 9.17) is 4.74 Å². The molecule has 2 heterocycles. The van der Waals surface area contributed by atoms with Crippen LogP contribution in [0.4, 0.5) is 20.6 Å². The minimum Gasteiger partial charge on any atom is -0.447 e. The number of benzene rings is 1. The summed E-state index contributed by atoms with van der Waals surface area (Å²) in [6.45, 7) is 4.12. The summed E-state index contributed by atoms with van der Waals surface area (Å²) in [7, 11) is 3.79. The van der Waals surface area contributed by atoms with Crippen LogP contribution in [0.2, 0.25) is 0 Å². The lowest BCUT2D eigenvalue weighted by molar-refractivity contribution is -0.111. The van der Waals surface area contributed by atoms with Crippen LogP contribution in [0, 0.1) is 5.82 Å². The lowest BCUT2D eigenvalue weighted by Crippen LogP contribution is -2.18. The molecule has 2 amide bonds. The molecule has 0 unspecified atom stereocenters. The number of anilines is 2. The Morgan fingerprint density at radius 1 is 1.22 bits per heavy atom. The second-order valence-electron chi connectivity index (χ2n) is 7.60. The summed E-state index contributed by atoms with van der Waals surface area (Å²) >= 11 is 0. The molecular weight excluding hydrogens is 415 g/mol. The van der Waals surface area contributed by atoms with Gasteiger partial charge in [0.15, 0.2) is 0 Å². The Morgan fingerprint density at radius 3 is 2.72 bits per heavy atom. The number of rotatable bonds is 7. The zero-order valence-electron chi connectivity index (χ0n) is 18.3. The molecule has 0 saturated heterocycles. The van der Waals surface area contributed by atoms with Gasteiger partial charge >= 0.3 is 6.09 Å². The first-order valence-electron chi connectivity index (χ1n) is 9.96. The topological polar surface area (TPSA) is 101 Å². The molecule has 0 bridgehead atoms. The number of nitrogens with one attached hydrogen (secondary N) is 2. The lowest BCUT2D eigenvalue weighted by Gasteiger charge is -2.09. The molecule has 0 fully saturated rings. The Bertz CT molecular complexity index is 1160. The summed E-state index contributed by atoms with van der Waals surface area (Å²) in [4.78, 5) is 34.3. The summed E-state index contributed by atoms with van der Waals surface area (Å²) in [5.74, 6) is -0.485. The van der Waals surface area contributed by atoms with Crippen molar-refractivity contribution in [3.63, 3.8) is 0 Å². The molecule has 32 heavy (non-hydrogen) atoms. The number of halogens is 1. The van der Waals surface area contributed by atoms with E-state index in [1.807, 2.05) is 19.0 Å². The molecule has 2 N–H and O–H groups in total. The molecule has 3 rings (SSSR count). The molecule has 0 aliphatic heterocycles. The quantitative estimate of drug-likeness (QED) is 0.545. The van der Waals surface area contributed by atoms with Crippen LogP contribution < -0.4 is 10.6 Å². The number of imidazole rings is 1. The number of nitrogens with zero attached hydrogens (tertiary/aromatic N) is 4. The van der Waals surface area contributed by atoms with Crippen molar-refractivity contribution in [3.8, 4) is 11.3 Å². The van der Waals surface area contributed by atoms with E-state index in [0.29, 0.717) is 29.4 Å². The molecule has 10 heteroatoms. The molecule has 0 aliphatic carbocycles. The number of carbonyl (C=O) groups excluding carboxylic acids is 2. The van der Waals surface area contributed by atoms with Crippen molar-refractivity contribution < 1.29 is 18.7 Å². The van der Waals surface area contributed by atoms with Gasteiger partial charge < -0.3 is 15.0 Å². The SMILES string of the molecule is CC(C)OC(=O)Nc1cnc2nc(-c3cc(NC(=O)C=CCN(C)C)ccc3F)cn2c1. The van der Waals surface area contributed by atoms with Crippen molar-refractivity contribution in [2.75, 3.05) is 31.3 Å². The zero-order valence-corrected chi connectivity index (χ0v) is 18.3. The lowest BCUT2D eigenvalue weighted by atomic mass is 10.1. The average molecular weight is 440 g/mol. The van der Waals surface area contributed by atoms with Gasteiger partial charge in [-0.25, -0.2) is 19.2 Å². The fourth-order valence-electron chi connectivity index (χ4n) is 2.79. The van der Waals surface area contributed by atoms with E-state index in [-0.39, 0.29) is 17.6 Å². The van der Waals surface area contributed by atoms with E-state index < -0.39 is 11.9 Å². The van der Waals surface area contributed by atoms with Gasteiger partial charge in [0.2, 0.25) is 11.7 Å². The van der Waals surface area contributed by atoms with Gasteiger partial charge in [0.25, 0.3) is 0 Å². The van der Waals surface area contributed by atoms with Gasteiger partial charge in [0.1, 0.15) is 5.82 Å². The normalized spacial score (nSPS) is 11.5. The van der Waals surface area contributed by atoms with Gasteiger partial charge in [-0.05, 0) is 46.1 Å². The fraction of sp³-hybridized carbons (Fsp3) is 0.273. The highest BCUT2D eigenvalue weighted by atomic mass is 19.1. The minimum absolute atomic E-state index is 0.208. The number of fused-ring (bicyclic) bond motifs is 1. The Kier molecular flexibility index (Phi) is 7.16. The van der Waals surface area contributed by atoms with E-state index in [2.05, 4.69) is 20.6 Å². The third-order valence-electron chi connectivity index (χ3n) is 4.15. The predicted molar refractivity (Wildman–Crippen MR) is 120 cm³/mol. The number of aromatic nitrogens is 3. The van der Waals surface area contributed by atoms with Crippen molar-refractivity contribution in [2.24, 2.45) is 0 Å². The van der Waals surface area contributed by atoms with Gasteiger partial charge in [-0.2, -0.15) is 0 Å². The highest BCUT2D eigenvalue weighted by Crippen LogP contribution is 2.26. The maximum atomic E-state index is 14.5. The molecule has 0 radical (unpaired) electrons. The van der Waals surface area contributed by atoms with Crippen LogP contribution in [-0.4, -0.2) is 58.0 Å². The van der Waals surface area contributed by atoms with Crippen LogP contribution in [0.5, 0.6) is 0 Å². The summed E-state index contributed by atoms with van der Waals surface area (Å²) in [5, 5.41) is 5.29.